The molecule has 2 rings (SSSR count). The van der Waals surface area contributed by atoms with Crippen LogP contribution in [-0.4, -0.2) is 7.11 Å². The van der Waals surface area contributed by atoms with Crippen LogP contribution in [0.5, 0.6) is 5.75 Å². The van der Waals surface area contributed by atoms with Crippen LogP contribution in [0, 0.1) is 5.82 Å². The predicted octanol–water partition coefficient (Wildman–Crippen LogP) is 4.36. The van der Waals surface area contributed by atoms with E-state index in [0.717, 1.165) is 16.2 Å². The Morgan fingerprint density at radius 2 is 2.11 bits per heavy atom. The molecule has 100 valence electrons. The lowest BCUT2D eigenvalue weighted by molar-refractivity contribution is 0.414. The second-order valence-electron chi connectivity index (χ2n) is 3.91. The average molecular weight is 298 g/mol. The number of benzene rings is 2. The van der Waals surface area contributed by atoms with Gasteiger partial charge < -0.3 is 10.5 Å². The Kier molecular flexibility index (Phi) is 4.56. The van der Waals surface area contributed by atoms with Gasteiger partial charge in [0.25, 0.3) is 0 Å². The van der Waals surface area contributed by atoms with Gasteiger partial charge in [-0.05, 0) is 29.8 Å². The van der Waals surface area contributed by atoms with Crippen molar-refractivity contribution >= 4 is 29.1 Å². The van der Waals surface area contributed by atoms with Crippen LogP contribution >= 0.6 is 23.4 Å². The molecular weight excluding hydrogens is 285 g/mol. The van der Waals surface area contributed by atoms with E-state index in [4.69, 9.17) is 22.1 Å². The third-order valence-electron chi connectivity index (χ3n) is 2.64. The summed E-state index contributed by atoms with van der Waals surface area (Å²) in [6, 6.07) is 10.2. The Bertz CT molecular complexity index is 592. The van der Waals surface area contributed by atoms with Crippen LogP contribution in [-0.2, 0) is 5.75 Å². The van der Waals surface area contributed by atoms with E-state index in [9.17, 15) is 4.39 Å². The molecule has 2 aromatic rings. The van der Waals surface area contributed by atoms with Gasteiger partial charge in [-0.2, -0.15) is 0 Å². The molecule has 0 saturated carbocycles. The molecule has 2 aromatic carbocycles. The Labute approximate surface area is 120 Å². The van der Waals surface area contributed by atoms with Gasteiger partial charge in [-0.25, -0.2) is 4.39 Å². The quantitative estimate of drug-likeness (QED) is 0.672. The molecule has 0 aliphatic carbocycles. The van der Waals surface area contributed by atoms with Crippen LogP contribution in [0.3, 0.4) is 0 Å². The van der Waals surface area contributed by atoms with E-state index in [1.54, 1.807) is 31.4 Å². The molecule has 0 aromatic heterocycles. The van der Waals surface area contributed by atoms with Crippen LogP contribution in [0.4, 0.5) is 10.1 Å². The second-order valence-corrected chi connectivity index (χ2v) is 5.30. The number of ether oxygens (including phenoxy) is 1. The van der Waals surface area contributed by atoms with Crippen molar-refractivity contribution in [3.05, 3.63) is 52.8 Å². The fraction of sp³-hybridized carbons (Fsp3) is 0.143. The third kappa shape index (κ3) is 3.33. The maximum Gasteiger partial charge on any atom is 0.142 e. The molecule has 2 N–H and O–H groups in total. The minimum Gasteiger partial charge on any atom is -0.497 e. The standard InChI is InChI=1S/C14H13ClFNOS/c1-18-10-5-6-12(17)13(7-10)19-8-9-3-2-4-11(16)14(9)15/h2-7H,8,17H2,1H3. The van der Waals surface area contributed by atoms with Crippen LogP contribution in [0.1, 0.15) is 5.56 Å². The first-order chi connectivity index (χ1) is 9.11. The molecule has 0 saturated heterocycles. The summed E-state index contributed by atoms with van der Waals surface area (Å²) in [5, 5.41) is 0.163. The molecule has 0 aliphatic heterocycles. The summed E-state index contributed by atoms with van der Waals surface area (Å²) in [5.41, 5.74) is 7.30. The van der Waals surface area contributed by atoms with Gasteiger partial charge in [-0.1, -0.05) is 23.7 Å². The Hall–Kier alpha value is -1.39. The van der Waals surface area contributed by atoms with Gasteiger partial charge >= 0.3 is 0 Å². The smallest absolute Gasteiger partial charge is 0.142 e. The SMILES string of the molecule is COc1ccc(N)c(SCc2cccc(F)c2Cl)c1. The summed E-state index contributed by atoms with van der Waals surface area (Å²) in [4.78, 5) is 0.889. The summed E-state index contributed by atoms with van der Waals surface area (Å²) in [6.07, 6.45) is 0. The molecule has 0 unspecified atom stereocenters. The molecule has 0 spiro atoms. The zero-order valence-corrected chi connectivity index (χ0v) is 11.9. The highest BCUT2D eigenvalue weighted by atomic mass is 35.5. The zero-order chi connectivity index (χ0) is 13.8. The summed E-state index contributed by atoms with van der Waals surface area (Å²) in [7, 11) is 1.60. The molecule has 2 nitrogen and oxygen atoms in total. The summed E-state index contributed by atoms with van der Waals surface area (Å²) in [6.45, 7) is 0. The number of anilines is 1. The third-order valence-corrected chi connectivity index (χ3v) is 4.18. The Morgan fingerprint density at radius 1 is 1.32 bits per heavy atom. The summed E-state index contributed by atoms with van der Waals surface area (Å²) < 4.78 is 18.5. The molecule has 19 heavy (non-hydrogen) atoms. The number of methoxy groups -OCH3 is 1. The highest BCUT2D eigenvalue weighted by molar-refractivity contribution is 7.98. The molecule has 0 bridgehead atoms. The first kappa shape index (κ1) is 14.0. The molecule has 0 aliphatic rings. The van der Waals surface area contributed by atoms with Crippen molar-refractivity contribution in [1.29, 1.82) is 0 Å². The van der Waals surface area contributed by atoms with Gasteiger partial charge in [0.2, 0.25) is 0 Å². The van der Waals surface area contributed by atoms with E-state index in [2.05, 4.69) is 0 Å². The van der Waals surface area contributed by atoms with Crippen molar-refractivity contribution in [3.63, 3.8) is 0 Å². The van der Waals surface area contributed by atoms with Crippen molar-refractivity contribution in [1.82, 2.24) is 0 Å². The minimum absolute atomic E-state index is 0.163. The largest absolute Gasteiger partial charge is 0.497 e. The van der Waals surface area contributed by atoms with E-state index < -0.39 is 5.82 Å². The number of halogens is 2. The number of rotatable bonds is 4. The van der Waals surface area contributed by atoms with Crippen LogP contribution < -0.4 is 10.5 Å². The molecule has 0 atom stereocenters. The van der Waals surface area contributed by atoms with Crippen LogP contribution in [0.2, 0.25) is 5.02 Å². The van der Waals surface area contributed by atoms with Crippen LogP contribution in [0.25, 0.3) is 0 Å². The molecule has 0 radical (unpaired) electrons. The molecule has 0 amide bonds. The van der Waals surface area contributed by atoms with Gasteiger partial charge in [0, 0.05) is 16.3 Å². The van der Waals surface area contributed by atoms with Gasteiger partial charge in [-0.15, -0.1) is 11.8 Å². The highest BCUT2D eigenvalue weighted by Crippen LogP contribution is 2.33. The summed E-state index contributed by atoms with van der Waals surface area (Å²) >= 11 is 7.41. The van der Waals surface area contributed by atoms with E-state index in [1.807, 2.05) is 6.07 Å². The minimum atomic E-state index is -0.404. The second kappa shape index (κ2) is 6.17. The molecule has 0 fully saturated rings. The van der Waals surface area contributed by atoms with Crippen molar-refractivity contribution in [3.8, 4) is 5.75 Å². The summed E-state index contributed by atoms with van der Waals surface area (Å²) in [5.74, 6) is 0.883. The average Bonchev–Trinajstić information content (AvgIpc) is 2.42. The molecule has 0 heterocycles. The topological polar surface area (TPSA) is 35.2 Å². The van der Waals surface area contributed by atoms with E-state index in [0.29, 0.717) is 11.4 Å². The van der Waals surface area contributed by atoms with Crippen molar-refractivity contribution in [2.75, 3.05) is 12.8 Å². The number of hydrogen-bond donors (Lipinski definition) is 1. The molecule has 5 heteroatoms. The maximum atomic E-state index is 13.3. The monoisotopic (exact) mass is 297 g/mol. The van der Waals surface area contributed by atoms with Gasteiger partial charge in [0.1, 0.15) is 11.6 Å². The van der Waals surface area contributed by atoms with Gasteiger partial charge in [-0.3, -0.25) is 0 Å². The fourth-order valence-corrected chi connectivity index (χ4v) is 2.84. The first-order valence-corrected chi connectivity index (χ1v) is 6.97. The van der Waals surface area contributed by atoms with E-state index in [1.165, 1.54) is 17.8 Å². The van der Waals surface area contributed by atoms with E-state index in [-0.39, 0.29) is 5.02 Å². The number of thioether (sulfide) groups is 1. The lowest BCUT2D eigenvalue weighted by Gasteiger charge is -2.09. The van der Waals surface area contributed by atoms with E-state index >= 15 is 0 Å². The highest BCUT2D eigenvalue weighted by Gasteiger charge is 2.08. The number of hydrogen-bond acceptors (Lipinski definition) is 3. The Balaban J connectivity index is 2.16. The molecular formula is C14H13ClFNOS. The normalized spacial score (nSPS) is 10.5. The van der Waals surface area contributed by atoms with Gasteiger partial charge in [0.15, 0.2) is 0 Å². The lowest BCUT2D eigenvalue weighted by atomic mass is 10.2. The zero-order valence-electron chi connectivity index (χ0n) is 10.3. The van der Waals surface area contributed by atoms with Crippen molar-refractivity contribution in [2.24, 2.45) is 0 Å². The van der Waals surface area contributed by atoms with Crippen LogP contribution in [0.15, 0.2) is 41.3 Å². The van der Waals surface area contributed by atoms with Crippen molar-refractivity contribution < 1.29 is 9.13 Å². The van der Waals surface area contributed by atoms with Gasteiger partial charge in [0.05, 0.1) is 12.1 Å². The fourth-order valence-electron chi connectivity index (χ4n) is 1.58. The van der Waals surface area contributed by atoms with Crippen molar-refractivity contribution in [2.45, 2.75) is 10.6 Å². The lowest BCUT2D eigenvalue weighted by Crippen LogP contribution is -1.92. The Morgan fingerprint density at radius 3 is 2.84 bits per heavy atom. The number of nitrogen functional groups attached to an aromatic ring is 1. The first-order valence-electron chi connectivity index (χ1n) is 5.61. The predicted molar refractivity (Wildman–Crippen MR) is 78.4 cm³/mol. The number of nitrogens with two attached hydrogens (primary N) is 1. The maximum absolute atomic E-state index is 13.3.